The summed E-state index contributed by atoms with van der Waals surface area (Å²) in [5, 5.41) is 4.07. The van der Waals surface area contributed by atoms with Crippen LogP contribution in [0.15, 0.2) is 28.8 Å². The summed E-state index contributed by atoms with van der Waals surface area (Å²) >= 11 is 0. The molecular formula is C20H25NO. The fourth-order valence-electron chi connectivity index (χ4n) is 3.18. The standard InChI is InChI=1S/C20H25NO/c1-3-4-5-6-7-16-8-10-17(11-9-16)18-12-13-19-15(2)21-22-20(19)14-18/h8-11,14H,3-7,12-13H2,1-2H3. The van der Waals surface area contributed by atoms with Crippen LogP contribution in [0.2, 0.25) is 0 Å². The first-order valence-electron chi connectivity index (χ1n) is 8.53. The number of fused-ring (bicyclic) bond motifs is 1. The van der Waals surface area contributed by atoms with Crippen molar-refractivity contribution in [2.45, 2.75) is 58.8 Å². The third-order valence-corrected chi connectivity index (χ3v) is 4.61. The molecule has 1 heterocycles. The zero-order chi connectivity index (χ0) is 15.4. The maximum absolute atomic E-state index is 5.41. The number of allylic oxidation sites excluding steroid dienone is 1. The molecule has 0 unspecified atom stereocenters. The van der Waals surface area contributed by atoms with Crippen molar-refractivity contribution in [1.82, 2.24) is 5.16 Å². The summed E-state index contributed by atoms with van der Waals surface area (Å²) in [5.74, 6) is 0.947. The first kappa shape index (κ1) is 15.1. The fraction of sp³-hybridized carbons (Fsp3) is 0.450. The van der Waals surface area contributed by atoms with E-state index in [1.165, 1.54) is 54.4 Å². The van der Waals surface area contributed by atoms with E-state index in [4.69, 9.17) is 4.52 Å². The molecule has 1 aliphatic carbocycles. The molecule has 0 spiro atoms. The van der Waals surface area contributed by atoms with Gasteiger partial charge in [-0.3, -0.25) is 0 Å². The van der Waals surface area contributed by atoms with Gasteiger partial charge in [-0.05, 0) is 55.4 Å². The van der Waals surface area contributed by atoms with Gasteiger partial charge in [0.2, 0.25) is 0 Å². The minimum absolute atomic E-state index is 0.947. The Bertz CT molecular complexity index is 649. The Kier molecular flexibility index (Phi) is 4.77. The molecule has 0 aliphatic heterocycles. The Hall–Kier alpha value is -1.83. The minimum Gasteiger partial charge on any atom is -0.356 e. The van der Waals surface area contributed by atoms with Gasteiger partial charge in [-0.2, -0.15) is 0 Å². The number of unbranched alkanes of at least 4 members (excludes halogenated alkanes) is 3. The Labute approximate surface area is 133 Å². The number of nitrogens with zero attached hydrogens (tertiary/aromatic N) is 1. The molecule has 2 nitrogen and oxygen atoms in total. The molecule has 0 bridgehead atoms. The monoisotopic (exact) mass is 295 g/mol. The van der Waals surface area contributed by atoms with Crippen molar-refractivity contribution >= 4 is 11.6 Å². The Morgan fingerprint density at radius 3 is 2.64 bits per heavy atom. The van der Waals surface area contributed by atoms with E-state index in [0.29, 0.717) is 0 Å². The Morgan fingerprint density at radius 1 is 1.05 bits per heavy atom. The summed E-state index contributed by atoms with van der Waals surface area (Å²) in [7, 11) is 0. The number of benzene rings is 1. The van der Waals surface area contributed by atoms with Crippen LogP contribution in [-0.2, 0) is 12.8 Å². The molecule has 3 rings (SSSR count). The van der Waals surface area contributed by atoms with Crippen molar-refractivity contribution < 1.29 is 4.52 Å². The average Bonchev–Trinajstić information content (AvgIpc) is 2.93. The molecule has 2 aromatic rings. The van der Waals surface area contributed by atoms with Gasteiger partial charge in [-0.15, -0.1) is 0 Å². The molecule has 0 saturated heterocycles. The molecule has 0 radical (unpaired) electrons. The lowest BCUT2D eigenvalue weighted by atomic mass is 9.91. The molecular weight excluding hydrogens is 270 g/mol. The van der Waals surface area contributed by atoms with E-state index < -0.39 is 0 Å². The van der Waals surface area contributed by atoms with Gasteiger partial charge in [0, 0.05) is 5.56 Å². The smallest absolute Gasteiger partial charge is 0.163 e. The van der Waals surface area contributed by atoms with E-state index in [1.54, 1.807) is 0 Å². The molecule has 116 valence electrons. The van der Waals surface area contributed by atoms with Gasteiger partial charge in [0.1, 0.15) is 0 Å². The molecule has 1 aromatic heterocycles. The van der Waals surface area contributed by atoms with E-state index in [0.717, 1.165) is 24.3 Å². The topological polar surface area (TPSA) is 26.0 Å². The van der Waals surface area contributed by atoms with Crippen molar-refractivity contribution in [2.24, 2.45) is 0 Å². The van der Waals surface area contributed by atoms with Crippen molar-refractivity contribution in [3.63, 3.8) is 0 Å². The molecule has 1 aromatic carbocycles. The normalized spacial score (nSPS) is 13.8. The molecule has 0 atom stereocenters. The summed E-state index contributed by atoms with van der Waals surface area (Å²) < 4.78 is 5.41. The van der Waals surface area contributed by atoms with E-state index in [-0.39, 0.29) is 0 Å². The molecule has 22 heavy (non-hydrogen) atoms. The second-order valence-electron chi connectivity index (χ2n) is 6.29. The van der Waals surface area contributed by atoms with Gasteiger partial charge in [0.05, 0.1) is 5.69 Å². The predicted molar refractivity (Wildman–Crippen MR) is 91.7 cm³/mol. The van der Waals surface area contributed by atoms with Gasteiger partial charge in [-0.1, -0.05) is 55.6 Å². The van der Waals surface area contributed by atoms with Crippen molar-refractivity contribution in [1.29, 1.82) is 0 Å². The first-order valence-corrected chi connectivity index (χ1v) is 8.53. The van der Waals surface area contributed by atoms with Gasteiger partial charge in [0.15, 0.2) is 5.76 Å². The maximum Gasteiger partial charge on any atom is 0.163 e. The lowest BCUT2D eigenvalue weighted by Gasteiger charge is -2.13. The largest absolute Gasteiger partial charge is 0.356 e. The van der Waals surface area contributed by atoms with Crippen LogP contribution in [0.3, 0.4) is 0 Å². The lowest BCUT2D eigenvalue weighted by molar-refractivity contribution is 0.407. The highest BCUT2D eigenvalue weighted by atomic mass is 16.5. The quantitative estimate of drug-likeness (QED) is 0.649. The van der Waals surface area contributed by atoms with Crippen LogP contribution in [-0.4, -0.2) is 5.16 Å². The number of hydrogen-bond donors (Lipinski definition) is 0. The Balaban J connectivity index is 1.67. The summed E-state index contributed by atoms with van der Waals surface area (Å²) in [6, 6.07) is 9.08. The second kappa shape index (κ2) is 6.95. The van der Waals surface area contributed by atoms with Crippen LogP contribution >= 0.6 is 0 Å². The zero-order valence-corrected chi connectivity index (χ0v) is 13.7. The lowest BCUT2D eigenvalue weighted by Crippen LogP contribution is -1.98. The fourth-order valence-corrected chi connectivity index (χ4v) is 3.18. The molecule has 1 aliphatic rings. The molecule has 0 N–H and O–H groups in total. The summed E-state index contributed by atoms with van der Waals surface area (Å²) in [6.07, 6.45) is 10.8. The molecule has 2 heteroatoms. The van der Waals surface area contributed by atoms with E-state index in [2.05, 4.69) is 42.4 Å². The van der Waals surface area contributed by atoms with Crippen LogP contribution in [0.1, 0.15) is 67.2 Å². The van der Waals surface area contributed by atoms with Crippen molar-refractivity contribution in [3.05, 3.63) is 52.4 Å². The van der Waals surface area contributed by atoms with Crippen LogP contribution in [0, 0.1) is 6.92 Å². The third-order valence-electron chi connectivity index (χ3n) is 4.61. The van der Waals surface area contributed by atoms with Gasteiger partial charge in [-0.25, -0.2) is 0 Å². The average molecular weight is 295 g/mol. The van der Waals surface area contributed by atoms with Crippen LogP contribution in [0.4, 0.5) is 0 Å². The summed E-state index contributed by atoms with van der Waals surface area (Å²) in [4.78, 5) is 0. The maximum atomic E-state index is 5.41. The zero-order valence-electron chi connectivity index (χ0n) is 13.7. The highest BCUT2D eigenvalue weighted by molar-refractivity contribution is 5.83. The number of rotatable bonds is 6. The SMILES string of the molecule is CCCCCCc1ccc(C2=Cc3onc(C)c3CC2)cc1. The number of aryl methyl sites for hydroxylation is 2. The van der Waals surface area contributed by atoms with E-state index in [1.807, 2.05) is 6.92 Å². The van der Waals surface area contributed by atoms with Crippen molar-refractivity contribution in [2.75, 3.05) is 0 Å². The molecule has 0 fully saturated rings. The van der Waals surface area contributed by atoms with E-state index >= 15 is 0 Å². The van der Waals surface area contributed by atoms with Gasteiger partial charge in [0.25, 0.3) is 0 Å². The van der Waals surface area contributed by atoms with Gasteiger partial charge < -0.3 is 4.52 Å². The Morgan fingerprint density at radius 2 is 1.86 bits per heavy atom. The minimum atomic E-state index is 0.947. The highest BCUT2D eigenvalue weighted by Crippen LogP contribution is 2.31. The summed E-state index contributed by atoms with van der Waals surface area (Å²) in [5.41, 5.74) is 6.44. The van der Waals surface area contributed by atoms with Crippen molar-refractivity contribution in [3.8, 4) is 0 Å². The van der Waals surface area contributed by atoms with E-state index in [9.17, 15) is 0 Å². The molecule has 0 saturated carbocycles. The predicted octanol–water partition coefficient (Wildman–Crippen LogP) is 5.59. The third kappa shape index (κ3) is 3.32. The van der Waals surface area contributed by atoms with Crippen LogP contribution in [0.25, 0.3) is 11.6 Å². The second-order valence-corrected chi connectivity index (χ2v) is 6.29. The summed E-state index contributed by atoms with van der Waals surface area (Å²) in [6.45, 7) is 4.28. The van der Waals surface area contributed by atoms with Crippen LogP contribution < -0.4 is 0 Å². The highest BCUT2D eigenvalue weighted by Gasteiger charge is 2.18. The number of hydrogen-bond acceptors (Lipinski definition) is 2. The van der Waals surface area contributed by atoms with Crippen LogP contribution in [0.5, 0.6) is 0 Å². The molecule has 0 amide bonds. The first-order chi connectivity index (χ1) is 10.8. The van der Waals surface area contributed by atoms with Gasteiger partial charge >= 0.3 is 0 Å². The number of aromatic nitrogens is 1.